The summed E-state index contributed by atoms with van der Waals surface area (Å²) in [5.74, 6) is -0.332. The molecule has 0 radical (unpaired) electrons. The van der Waals surface area contributed by atoms with Gasteiger partial charge < -0.3 is 9.64 Å². The maximum atomic E-state index is 14.1. The maximum absolute atomic E-state index is 14.1. The fourth-order valence-corrected chi connectivity index (χ4v) is 5.33. The third-order valence-corrected chi connectivity index (χ3v) is 6.73. The Kier molecular flexibility index (Phi) is 5.41. The van der Waals surface area contributed by atoms with Gasteiger partial charge in [-0.2, -0.15) is 4.31 Å². The van der Waals surface area contributed by atoms with Crippen LogP contribution in [0.4, 0.5) is 4.39 Å². The number of amides is 1. The summed E-state index contributed by atoms with van der Waals surface area (Å²) in [5, 5.41) is 0. The van der Waals surface area contributed by atoms with Crippen LogP contribution in [-0.4, -0.2) is 68.6 Å². The van der Waals surface area contributed by atoms with Crippen molar-refractivity contribution in [1.82, 2.24) is 9.21 Å². The van der Waals surface area contributed by atoms with Gasteiger partial charge >= 0.3 is 0 Å². The van der Waals surface area contributed by atoms with Gasteiger partial charge in [-0.05, 0) is 18.1 Å². The van der Waals surface area contributed by atoms with Crippen molar-refractivity contribution in [3.05, 3.63) is 29.8 Å². The minimum atomic E-state index is -3.93. The van der Waals surface area contributed by atoms with Crippen molar-refractivity contribution in [3.8, 4) is 0 Å². The summed E-state index contributed by atoms with van der Waals surface area (Å²) in [7, 11) is -3.93. The van der Waals surface area contributed by atoms with E-state index in [0.29, 0.717) is 38.3 Å². The number of alkyl halides is 1. The van der Waals surface area contributed by atoms with Crippen LogP contribution in [0.25, 0.3) is 0 Å². The average Bonchev–Trinajstić information content (AvgIpc) is 3.04. The maximum Gasteiger partial charge on any atom is 0.244 e. The highest BCUT2D eigenvalue weighted by Gasteiger charge is 2.46. The molecule has 0 N–H and O–H groups in total. The van der Waals surface area contributed by atoms with Gasteiger partial charge in [-0.1, -0.05) is 25.1 Å². The number of morpholine rings is 1. The molecule has 0 spiro atoms. The first kappa shape index (κ1) is 18.3. The second-order valence-electron chi connectivity index (χ2n) is 6.32. The van der Waals surface area contributed by atoms with Gasteiger partial charge in [-0.15, -0.1) is 0 Å². The van der Waals surface area contributed by atoms with Crippen molar-refractivity contribution < 1.29 is 22.3 Å². The Morgan fingerprint density at radius 2 is 1.96 bits per heavy atom. The van der Waals surface area contributed by atoms with Crippen molar-refractivity contribution in [2.45, 2.75) is 36.9 Å². The molecule has 25 heavy (non-hydrogen) atoms. The summed E-state index contributed by atoms with van der Waals surface area (Å²) in [5.41, 5.74) is 0.669. The number of hydrogen-bond acceptors (Lipinski definition) is 4. The molecule has 2 fully saturated rings. The van der Waals surface area contributed by atoms with Crippen LogP contribution >= 0.6 is 0 Å². The van der Waals surface area contributed by atoms with Gasteiger partial charge in [0.25, 0.3) is 0 Å². The highest BCUT2D eigenvalue weighted by atomic mass is 32.2. The van der Waals surface area contributed by atoms with Crippen LogP contribution in [0.1, 0.15) is 18.9 Å². The quantitative estimate of drug-likeness (QED) is 0.799. The van der Waals surface area contributed by atoms with E-state index >= 15 is 0 Å². The lowest BCUT2D eigenvalue weighted by Gasteiger charge is -2.32. The van der Waals surface area contributed by atoms with Crippen molar-refractivity contribution in [2.75, 3.05) is 32.8 Å². The number of rotatable bonds is 4. The summed E-state index contributed by atoms with van der Waals surface area (Å²) < 4.78 is 46.6. The normalized spacial score (nSPS) is 25.3. The SMILES string of the molecule is CCc1ccccc1S(=O)(=O)N1C[C@H](F)C[C@@H]1C(=O)N1CCOCC1. The molecule has 2 saturated heterocycles. The monoisotopic (exact) mass is 370 g/mol. The largest absolute Gasteiger partial charge is 0.378 e. The topological polar surface area (TPSA) is 66.9 Å². The number of halogens is 1. The lowest BCUT2D eigenvalue weighted by atomic mass is 10.2. The van der Waals surface area contributed by atoms with E-state index in [1.165, 1.54) is 6.07 Å². The summed E-state index contributed by atoms with van der Waals surface area (Å²) in [6, 6.07) is 5.71. The van der Waals surface area contributed by atoms with E-state index in [2.05, 4.69) is 0 Å². The minimum absolute atomic E-state index is 0.0935. The molecule has 1 aromatic carbocycles. The Balaban J connectivity index is 1.91. The second-order valence-corrected chi connectivity index (χ2v) is 8.18. The Hall–Kier alpha value is -1.51. The molecule has 2 atom stereocenters. The fourth-order valence-electron chi connectivity index (χ4n) is 3.41. The molecule has 6 nitrogen and oxygen atoms in total. The van der Waals surface area contributed by atoms with E-state index in [0.717, 1.165) is 4.31 Å². The number of benzene rings is 1. The van der Waals surface area contributed by atoms with Gasteiger partial charge in [0.05, 0.1) is 18.1 Å². The van der Waals surface area contributed by atoms with E-state index < -0.39 is 22.2 Å². The van der Waals surface area contributed by atoms with Gasteiger partial charge in [0.2, 0.25) is 15.9 Å². The highest BCUT2D eigenvalue weighted by Crippen LogP contribution is 2.30. The first-order chi connectivity index (χ1) is 11.9. The molecule has 2 aliphatic rings. The molecule has 1 amide bonds. The van der Waals surface area contributed by atoms with Crippen molar-refractivity contribution in [1.29, 1.82) is 0 Å². The highest BCUT2D eigenvalue weighted by molar-refractivity contribution is 7.89. The standard InChI is InChI=1S/C17H23FN2O4S/c1-2-13-5-3-4-6-16(13)25(22,23)20-12-14(18)11-15(20)17(21)19-7-9-24-10-8-19/h3-6,14-15H,2,7-12H2,1H3/t14-,15-/m1/s1. The first-order valence-corrected chi connectivity index (χ1v) is 9.99. The minimum Gasteiger partial charge on any atom is -0.378 e. The molecule has 0 aliphatic carbocycles. The molecule has 138 valence electrons. The van der Waals surface area contributed by atoms with Crippen molar-refractivity contribution >= 4 is 15.9 Å². The van der Waals surface area contributed by atoms with Crippen LogP contribution in [0.15, 0.2) is 29.2 Å². The number of hydrogen-bond donors (Lipinski definition) is 0. The lowest BCUT2D eigenvalue weighted by Crippen LogP contribution is -2.51. The fraction of sp³-hybridized carbons (Fsp3) is 0.588. The number of ether oxygens (including phenoxy) is 1. The number of carbonyl (C=O) groups excluding carboxylic acids is 1. The van der Waals surface area contributed by atoms with E-state index in [9.17, 15) is 17.6 Å². The van der Waals surface area contributed by atoms with Gasteiger partial charge in [0.1, 0.15) is 12.2 Å². The van der Waals surface area contributed by atoms with E-state index in [1.54, 1.807) is 23.1 Å². The van der Waals surface area contributed by atoms with Gasteiger partial charge in [-0.3, -0.25) is 4.79 Å². The zero-order valence-electron chi connectivity index (χ0n) is 14.2. The van der Waals surface area contributed by atoms with Crippen LogP contribution in [0.3, 0.4) is 0 Å². The third kappa shape index (κ3) is 3.56. The summed E-state index contributed by atoms with van der Waals surface area (Å²) in [6.45, 7) is 3.25. The van der Waals surface area contributed by atoms with Gasteiger partial charge in [0, 0.05) is 26.1 Å². The number of sulfonamides is 1. The van der Waals surface area contributed by atoms with Crippen molar-refractivity contribution in [2.24, 2.45) is 0 Å². The molecule has 1 aromatic rings. The number of aryl methyl sites for hydroxylation is 1. The van der Waals surface area contributed by atoms with E-state index in [-0.39, 0.29) is 23.8 Å². The zero-order chi connectivity index (χ0) is 18.0. The summed E-state index contributed by atoms with van der Waals surface area (Å²) in [6.07, 6.45) is -0.882. The molecule has 0 aromatic heterocycles. The molecular weight excluding hydrogens is 347 g/mol. The smallest absolute Gasteiger partial charge is 0.244 e. The van der Waals surface area contributed by atoms with Crippen molar-refractivity contribution in [3.63, 3.8) is 0 Å². The zero-order valence-corrected chi connectivity index (χ0v) is 15.0. The summed E-state index contributed by atoms with van der Waals surface area (Å²) in [4.78, 5) is 14.5. The predicted octanol–water partition coefficient (Wildman–Crippen LogP) is 1.21. The molecule has 2 heterocycles. The Morgan fingerprint density at radius 3 is 2.64 bits per heavy atom. The molecule has 8 heteroatoms. The van der Waals surface area contributed by atoms with Gasteiger partial charge in [0.15, 0.2) is 0 Å². The molecule has 3 rings (SSSR count). The first-order valence-electron chi connectivity index (χ1n) is 8.55. The Morgan fingerprint density at radius 1 is 1.28 bits per heavy atom. The van der Waals surface area contributed by atoms with Crippen LogP contribution in [-0.2, 0) is 26.0 Å². The molecule has 0 unspecified atom stereocenters. The number of nitrogens with zero attached hydrogens (tertiary/aromatic N) is 2. The third-order valence-electron chi connectivity index (χ3n) is 4.75. The summed E-state index contributed by atoms with van der Waals surface area (Å²) >= 11 is 0. The van der Waals surface area contributed by atoms with E-state index in [1.807, 2.05) is 6.92 Å². The van der Waals surface area contributed by atoms with Crippen LogP contribution in [0.5, 0.6) is 0 Å². The lowest BCUT2D eigenvalue weighted by molar-refractivity contribution is -0.138. The predicted molar refractivity (Wildman–Crippen MR) is 90.4 cm³/mol. The number of carbonyl (C=O) groups is 1. The van der Waals surface area contributed by atoms with Gasteiger partial charge in [-0.25, -0.2) is 12.8 Å². The van der Waals surface area contributed by atoms with E-state index in [4.69, 9.17) is 4.74 Å². The average molecular weight is 370 g/mol. The Bertz CT molecular complexity index is 734. The molecule has 0 bridgehead atoms. The molecule has 0 saturated carbocycles. The second kappa shape index (κ2) is 7.39. The van der Waals surface area contributed by atoms with Crippen LogP contribution in [0, 0.1) is 0 Å². The van der Waals surface area contributed by atoms with Crippen LogP contribution in [0.2, 0.25) is 0 Å². The Labute approximate surface area is 147 Å². The molecule has 2 aliphatic heterocycles. The molecular formula is C17H23FN2O4S. The van der Waals surface area contributed by atoms with Crippen LogP contribution < -0.4 is 0 Å².